The number of nitrogens with zero attached hydrogens (tertiary/aromatic N) is 1. The molecule has 0 radical (unpaired) electrons. The Bertz CT molecular complexity index is 708. The predicted octanol–water partition coefficient (Wildman–Crippen LogP) is 4.28. The highest BCUT2D eigenvalue weighted by Gasteiger charge is 2.10. The lowest BCUT2D eigenvalue weighted by Crippen LogP contribution is -1.98. The van der Waals surface area contributed by atoms with Crippen LogP contribution >= 0.6 is 11.6 Å². The summed E-state index contributed by atoms with van der Waals surface area (Å²) in [5.74, 6) is 1.28. The molecule has 2 aromatic rings. The molecule has 0 aliphatic heterocycles. The highest BCUT2D eigenvalue weighted by Crippen LogP contribution is 2.34. The lowest BCUT2D eigenvalue weighted by Gasteiger charge is -2.14. The molecule has 0 bridgehead atoms. The van der Waals surface area contributed by atoms with Gasteiger partial charge in [-0.25, -0.2) is 0 Å². The number of ether oxygens (including phenoxy) is 2. The largest absolute Gasteiger partial charge is 0.497 e. The summed E-state index contributed by atoms with van der Waals surface area (Å²) in [5, 5.41) is 13.0. The van der Waals surface area contributed by atoms with Crippen LogP contribution in [-0.2, 0) is 0 Å². The summed E-state index contributed by atoms with van der Waals surface area (Å²) in [5.41, 5.74) is 2.83. The molecular formula is C16H15ClN2O2. The molecule has 0 atom stereocenters. The zero-order valence-corrected chi connectivity index (χ0v) is 12.8. The van der Waals surface area contributed by atoms with Crippen molar-refractivity contribution in [2.24, 2.45) is 0 Å². The number of hydrogen-bond acceptors (Lipinski definition) is 4. The smallest absolute Gasteiger partial charge is 0.143 e. The summed E-state index contributed by atoms with van der Waals surface area (Å²) in [6.07, 6.45) is 0. The summed E-state index contributed by atoms with van der Waals surface area (Å²) in [4.78, 5) is 0. The summed E-state index contributed by atoms with van der Waals surface area (Å²) in [6, 6.07) is 11.0. The van der Waals surface area contributed by atoms with Crippen molar-refractivity contribution < 1.29 is 9.47 Å². The highest BCUT2D eigenvalue weighted by molar-refractivity contribution is 6.31. The van der Waals surface area contributed by atoms with E-state index in [1.165, 1.54) is 0 Å². The van der Waals surface area contributed by atoms with Gasteiger partial charge in [0, 0.05) is 17.2 Å². The van der Waals surface area contributed by atoms with Crippen LogP contribution < -0.4 is 14.8 Å². The topological polar surface area (TPSA) is 54.3 Å². The highest BCUT2D eigenvalue weighted by atomic mass is 35.5. The summed E-state index contributed by atoms with van der Waals surface area (Å²) < 4.78 is 10.5. The first-order valence-corrected chi connectivity index (χ1v) is 6.66. The minimum absolute atomic E-state index is 0.519. The van der Waals surface area contributed by atoms with E-state index in [2.05, 4.69) is 11.4 Å². The van der Waals surface area contributed by atoms with Crippen LogP contribution in [0.2, 0.25) is 5.02 Å². The minimum atomic E-state index is 0.519. The maximum absolute atomic E-state index is 9.20. The van der Waals surface area contributed by atoms with Gasteiger partial charge in [-0.05, 0) is 30.7 Å². The van der Waals surface area contributed by atoms with Gasteiger partial charge in [0.05, 0.1) is 31.2 Å². The maximum atomic E-state index is 9.20. The second kappa shape index (κ2) is 6.38. The van der Waals surface area contributed by atoms with Crippen molar-refractivity contribution in [1.82, 2.24) is 0 Å². The fraction of sp³-hybridized carbons (Fsp3) is 0.188. The van der Waals surface area contributed by atoms with Crippen LogP contribution in [0.4, 0.5) is 11.4 Å². The van der Waals surface area contributed by atoms with E-state index in [-0.39, 0.29) is 0 Å². The van der Waals surface area contributed by atoms with E-state index in [9.17, 15) is 5.26 Å². The van der Waals surface area contributed by atoms with Crippen molar-refractivity contribution in [2.75, 3.05) is 19.5 Å². The number of anilines is 2. The number of nitrogens with one attached hydrogen (secondary N) is 1. The second-order valence-corrected chi connectivity index (χ2v) is 4.86. The zero-order valence-electron chi connectivity index (χ0n) is 12.0. The lowest BCUT2D eigenvalue weighted by molar-refractivity contribution is 0.414. The van der Waals surface area contributed by atoms with E-state index < -0.39 is 0 Å². The van der Waals surface area contributed by atoms with Gasteiger partial charge >= 0.3 is 0 Å². The maximum Gasteiger partial charge on any atom is 0.143 e. The van der Waals surface area contributed by atoms with E-state index in [1.54, 1.807) is 38.5 Å². The van der Waals surface area contributed by atoms with E-state index in [0.717, 1.165) is 11.3 Å². The average Bonchev–Trinajstić information content (AvgIpc) is 2.50. The quantitative estimate of drug-likeness (QED) is 0.916. The van der Waals surface area contributed by atoms with E-state index in [0.29, 0.717) is 27.8 Å². The number of rotatable bonds is 4. The molecule has 0 aliphatic rings. The Balaban J connectivity index is 2.47. The third-order valence-electron chi connectivity index (χ3n) is 3.10. The normalized spacial score (nSPS) is 9.86. The average molecular weight is 303 g/mol. The molecule has 2 aromatic carbocycles. The first-order chi connectivity index (χ1) is 10.1. The standard InChI is InChI=1S/C16H15ClN2O2/c1-10-6-15(16(21-3)8-13(10)17)19-14-7-12(20-2)5-4-11(14)9-18/h4-8,19H,1-3H3. The molecule has 0 amide bonds. The zero-order chi connectivity index (χ0) is 15.4. The van der Waals surface area contributed by atoms with Crippen LogP contribution in [0.1, 0.15) is 11.1 Å². The SMILES string of the molecule is COc1ccc(C#N)c(Nc2cc(C)c(Cl)cc2OC)c1. The van der Waals surface area contributed by atoms with Crippen molar-refractivity contribution in [3.8, 4) is 17.6 Å². The Morgan fingerprint density at radius 1 is 1.10 bits per heavy atom. The number of aryl methyl sites for hydroxylation is 1. The molecule has 1 N–H and O–H groups in total. The van der Waals surface area contributed by atoms with Crippen molar-refractivity contribution in [3.63, 3.8) is 0 Å². The molecular weight excluding hydrogens is 288 g/mol. The molecule has 0 spiro atoms. The van der Waals surface area contributed by atoms with Crippen LogP contribution in [0.3, 0.4) is 0 Å². The van der Waals surface area contributed by atoms with E-state index in [1.807, 2.05) is 13.0 Å². The molecule has 21 heavy (non-hydrogen) atoms. The third kappa shape index (κ3) is 3.21. The molecule has 0 fully saturated rings. The molecule has 0 unspecified atom stereocenters. The Kier molecular flexibility index (Phi) is 4.56. The van der Waals surface area contributed by atoms with Crippen LogP contribution in [-0.4, -0.2) is 14.2 Å². The molecule has 0 saturated carbocycles. The summed E-state index contributed by atoms with van der Waals surface area (Å²) >= 11 is 6.09. The first-order valence-electron chi connectivity index (χ1n) is 6.28. The van der Waals surface area contributed by atoms with Gasteiger partial charge < -0.3 is 14.8 Å². The lowest BCUT2D eigenvalue weighted by atomic mass is 10.1. The van der Waals surface area contributed by atoms with Crippen LogP contribution in [0.15, 0.2) is 30.3 Å². The van der Waals surface area contributed by atoms with Gasteiger partial charge in [0.2, 0.25) is 0 Å². The Hall–Kier alpha value is -2.38. The number of hydrogen-bond donors (Lipinski definition) is 1. The van der Waals surface area contributed by atoms with Crippen molar-refractivity contribution in [1.29, 1.82) is 5.26 Å². The molecule has 0 aliphatic carbocycles. The van der Waals surface area contributed by atoms with Crippen molar-refractivity contribution in [2.45, 2.75) is 6.92 Å². The van der Waals surface area contributed by atoms with Crippen molar-refractivity contribution in [3.05, 3.63) is 46.5 Å². The van der Waals surface area contributed by atoms with Crippen molar-refractivity contribution >= 4 is 23.0 Å². The van der Waals surface area contributed by atoms with E-state index >= 15 is 0 Å². The number of methoxy groups -OCH3 is 2. The number of nitriles is 1. The molecule has 0 saturated heterocycles. The van der Waals surface area contributed by atoms with Gasteiger partial charge in [0.15, 0.2) is 0 Å². The van der Waals surface area contributed by atoms with Crippen LogP contribution in [0.5, 0.6) is 11.5 Å². The third-order valence-corrected chi connectivity index (χ3v) is 3.50. The molecule has 5 heteroatoms. The fourth-order valence-corrected chi connectivity index (χ4v) is 2.08. The molecule has 0 heterocycles. The van der Waals surface area contributed by atoms with Gasteiger partial charge in [0.1, 0.15) is 17.6 Å². The Morgan fingerprint density at radius 2 is 1.86 bits per heavy atom. The van der Waals surface area contributed by atoms with Gasteiger partial charge in [-0.1, -0.05) is 11.6 Å². The van der Waals surface area contributed by atoms with Crippen LogP contribution in [0, 0.1) is 18.3 Å². The van der Waals surface area contributed by atoms with Crippen LogP contribution in [0.25, 0.3) is 0 Å². The fourth-order valence-electron chi connectivity index (χ4n) is 1.93. The van der Waals surface area contributed by atoms with Gasteiger partial charge in [0.25, 0.3) is 0 Å². The second-order valence-electron chi connectivity index (χ2n) is 4.45. The van der Waals surface area contributed by atoms with Gasteiger partial charge in [-0.2, -0.15) is 5.26 Å². The molecule has 2 rings (SSSR count). The molecule has 108 valence electrons. The minimum Gasteiger partial charge on any atom is -0.497 e. The monoisotopic (exact) mass is 302 g/mol. The van der Waals surface area contributed by atoms with Gasteiger partial charge in [-0.3, -0.25) is 0 Å². The summed E-state index contributed by atoms with van der Waals surface area (Å²) in [6.45, 7) is 1.91. The first kappa shape index (κ1) is 15.0. The summed E-state index contributed by atoms with van der Waals surface area (Å²) in [7, 11) is 3.15. The Morgan fingerprint density at radius 3 is 2.48 bits per heavy atom. The Labute approximate surface area is 128 Å². The number of benzene rings is 2. The molecule has 0 aromatic heterocycles. The molecule has 4 nitrogen and oxygen atoms in total. The van der Waals surface area contributed by atoms with E-state index in [4.69, 9.17) is 21.1 Å². The van der Waals surface area contributed by atoms with Gasteiger partial charge in [-0.15, -0.1) is 0 Å². The number of halogens is 1. The predicted molar refractivity (Wildman–Crippen MR) is 83.7 cm³/mol.